The van der Waals surface area contributed by atoms with Gasteiger partial charge in [-0.2, -0.15) is 0 Å². The molecule has 0 N–H and O–H groups in total. The Morgan fingerprint density at radius 2 is 1.22 bits per heavy atom. The Balaban J connectivity index is -0.000000180. The normalized spacial score (nSPS) is 7.33. The molecule has 0 unspecified atom stereocenters. The third-order valence-corrected chi connectivity index (χ3v) is 0.816. The van der Waals surface area contributed by atoms with Gasteiger partial charge >= 0.3 is 0 Å². The van der Waals surface area contributed by atoms with Crippen LogP contribution in [0, 0.1) is 20.3 Å². The minimum absolute atomic E-state index is 0. The molecule has 0 spiro atoms. The van der Waals surface area contributed by atoms with Gasteiger partial charge in [-0.15, -0.1) is 0 Å². The van der Waals surface area contributed by atoms with Gasteiger partial charge in [0.25, 0.3) is 0 Å². The molecular weight excluding hydrogens is 262 g/mol. The minimum atomic E-state index is 0. The third-order valence-electron chi connectivity index (χ3n) is 0.816. The second-order valence-electron chi connectivity index (χ2n) is 1.57. The number of unbranched alkanes of at least 4 members (excludes halogenated alkanes) is 4. The number of rotatable bonds is 4. The molecule has 9 heavy (non-hydrogen) atoms. The average molecular weight is 275 g/mol. The molecule has 0 heterocycles. The Morgan fingerprint density at radius 3 is 1.44 bits per heavy atom. The van der Waals surface area contributed by atoms with Crippen molar-refractivity contribution >= 4 is 0 Å². The summed E-state index contributed by atoms with van der Waals surface area (Å²) in [6, 6.07) is 0. The largest absolute Gasteiger partial charge is 0.346 e. The molecule has 2 radical (unpaired) electrons. The molecule has 0 saturated heterocycles. The van der Waals surface area contributed by atoms with E-state index in [1.54, 1.807) is 0 Å². The second-order valence-corrected chi connectivity index (χ2v) is 1.57. The summed E-state index contributed by atoms with van der Waals surface area (Å²) >= 11 is 0. The maximum atomic E-state index is 3.71. The molecular formula is C7H13Y2-3. The van der Waals surface area contributed by atoms with Crippen molar-refractivity contribution in [1.29, 1.82) is 0 Å². The van der Waals surface area contributed by atoms with Crippen LogP contribution in [0.5, 0.6) is 0 Å². The van der Waals surface area contributed by atoms with Gasteiger partial charge in [0.05, 0.1) is 0 Å². The zero-order valence-corrected chi connectivity index (χ0v) is 11.7. The monoisotopic (exact) mass is 275 g/mol. The molecule has 0 saturated carbocycles. The molecule has 0 fully saturated rings. The first kappa shape index (κ1) is 17.3. The number of hydrogen-bond acceptors (Lipinski definition) is 0. The van der Waals surface area contributed by atoms with E-state index in [4.69, 9.17) is 0 Å². The summed E-state index contributed by atoms with van der Waals surface area (Å²) in [4.78, 5) is 0. The van der Waals surface area contributed by atoms with Crippen molar-refractivity contribution in [1.82, 2.24) is 0 Å². The van der Waals surface area contributed by atoms with Crippen molar-refractivity contribution in [3.05, 3.63) is 20.3 Å². The van der Waals surface area contributed by atoms with Crippen molar-refractivity contribution in [2.75, 3.05) is 0 Å². The quantitative estimate of drug-likeness (QED) is 0.546. The zero-order valence-electron chi connectivity index (χ0n) is 5.97. The molecule has 0 aliphatic rings. The summed E-state index contributed by atoms with van der Waals surface area (Å²) in [6.07, 6.45) is 6.59. The van der Waals surface area contributed by atoms with Gasteiger partial charge in [0.1, 0.15) is 0 Å². The Kier molecular flexibility index (Phi) is 32.1. The Hall–Kier alpha value is 2.21. The summed E-state index contributed by atoms with van der Waals surface area (Å²) in [7, 11) is 0. The van der Waals surface area contributed by atoms with Crippen LogP contribution in [0.2, 0.25) is 0 Å². The molecule has 2 heteroatoms. The third kappa shape index (κ3) is 17.8. The fourth-order valence-corrected chi connectivity index (χ4v) is 0.433. The predicted octanol–water partition coefficient (Wildman–Crippen LogP) is 2.41. The van der Waals surface area contributed by atoms with E-state index in [1.807, 2.05) is 0 Å². The van der Waals surface area contributed by atoms with Gasteiger partial charge in [0.2, 0.25) is 0 Å². The van der Waals surface area contributed by atoms with E-state index >= 15 is 0 Å². The molecule has 0 aromatic heterocycles. The van der Waals surface area contributed by atoms with E-state index < -0.39 is 0 Å². The van der Waals surface area contributed by atoms with E-state index in [2.05, 4.69) is 20.3 Å². The van der Waals surface area contributed by atoms with E-state index in [0.717, 1.165) is 25.7 Å². The van der Waals surface area contributed by atoms with Crippen LogP contribution in [0.4, 0.5) is 0 Å². The van der Waals surface area contributed by atoms with Gasteiger partial charge in [-0.1, -0.05) is 0 Å². The minimum Gasteiger partial charge on any atom is -0.346 e. The average Bonchev–Trinajstić information content (AvgIpc) is 1.69. The predicted molar refractivity (Wildman–Crippen MR) is 33.5 cm³/mol. The molecule has 0 aromatic rings. The van der Waals surface area contributed by atoms with Crippen LogP contribution in [-0.2, 0) is 65.4 Å². The summed E-state index contributed by atoms with van der Waals surface area (Å²) in [5.74, 6) is 0. The molecule has 0 aromatic carbocycles. The van der Waals surface area contributed by atoms with E-state index in [-0.39, 0.29) is 65.4 Å². The van der Waals surface area contributed by atoms with Crippen LogP contribution in [-0.4, -0.2) is 0 Å². The molecule has 0 nitrogen and oxygen atoms in total. The molecule has 50 valence electrons. The maximum Gasteiger partial charge on any atom is 0 e. The molecule has 0 amide bonds. The summed E-state index contributed by atoms with van der Waals surface area (Å²) < 4.78 is 0. The smallest absolute Gasteiger partial charge is 0 e. The fraction of sp³-hybridized carbons (Fsp3) is 0.571. The Labute approximate surface area is 110 Å². The second kappa shape index (κ2) is 16.7. The van der Waals surface area contributed by atoms with Crippen molar-refractivity contribution in [3.8, 4) is 0 Å². The van der Waals surface area contributed by atoms with Crippen molar-refractivity contribution in [2.24, 2.45) is 0 Å². The number of hydrogen-bond donors (Lipinski definition) is 0. The molecule has 0 bridgehead atoms. The maximum absolute atomic E-state index is 3.71. The van der Waals surface area contributed by atoms with E-state index in [0.29, 0.717) is 0 Å². The Morgan fingerprint density at radius 1 is 0.889 bits per heavy atom. The standard InChI is InChI=1S/C7H13.2Y/c1-3-5-7-6-4-2;;/h7H,1-6H2;;/q-3;;. The van der Waals surface area contributed by atoms with Gasteiger partial charge in [-0.25, -0.2) is 25.7 Å². The van der Waals surface area contributed by atoms with Crippen molar-refractivity contribution in [2.45, 2.75) is 25.7 Å². The fourth-order valence-electron chi connectivity index (χ4n) is 0.433. The van der Waals surface area contributed by atoms with Gasteiger partial charge in [0.15, 0.2) is 0 Å². The first-order chi connectivity index (χ1) is 3.41. The van der Waals surface area contributed by atoms with E-state index in [1.165, 1.54) is 0 Å². The molecule has 0 aliphatic heterocycles. The summed E-state index contributed by atoms with van der Waals surface area (Å²) in [6.45, 7) is 7.41. The van der Waals surface area contributed by atoms with Crippen LogP contribution in [0.25, 0.3) is 0 Å². The summed E-state index contributed by atoms with van der Waals surface area (Å²) in [5.41, 5.74) is 0. The van der Waals surface area contributed by atoms with Crippen molar-refractivity contribution < 1.29 is 65.4 Å². The van der Waals surface area contributed by atoms with Crippen LogP contribution >= 0.6 is 0 Å². The molecule has 0 aliphatic carbocycles. The van der Waals surface area contributed by atoms with Gasteiger partial charge < -0.3 is 20.3 Å². The van der Waals surface area contributed by atoms with Gasteiger partial charge in [-0.3, -0.25) is 0 Å². The zero-order chi connectivity index (χ0) is 5.54. The first-order valence-electron chi connectivity index (χ1n) is 2.82. The van der Waals surface area contributed by atoms with Gasteiger partial charge in [0, 0.05) is 65.4 Å². The van der Waals surface area contributed by atoms with Crippen LogP contribution in [0.15, 0.2) is 0 Å². The van der Waals surface area contributed by atoms with E-state index in [9.17, 15) is 0 Å². The van der Waals surface area contributed by atoms with Crippen molar-refractivity contribution in [3.63, 3.8) is 0 Å². The topological polar surface area (TPSA) is 0 Å². The van der Waals surface area contributed by atoms with Crippen LogP contribution in [0.1, 0.15) is 25.7 Å². The Bertz CT molecular complexity index is 26.1. The first-order valence-corrected chi connectivity index (χ1v) is 2.82. The van der Waals surface area contributed by atoms with Crippen LogP contribution in [0.3, 0.4) is 0 Å². The summed E-state index contributed by atoms with van der Waals surface area (Å²) in [5, 5.41) is 0. The molecule has 0 atom stereocenters. The van der Waals surface area contributed by atoms with Gasteiger partial charge in [-0.05, 0) is 0 Å². The molecule has 0 rings (SSSR count). The van der Waals surface area contributed by atoms with Crippen LogP contribution < -0.4 is 0 Å². The SMILES string of the molecule is [CH2-]CC[CH-]CC[CH2-].[Y].[Y].